The number of alkyl halides is 3. The second-order valence-electron chi connectivity index (χ2n) is 10.1. The standard InChI is InChI=1S/C24H28F3N7O2/c1-32-9-10-35-19-18(32)21(33-7-5-23(6-8-33)12-15(13-23)14-28)31-34-20(29-30-22(19)34)16-3-2-4-17(11-16)36-24(25,26)27/h2-4,11,15H,5-10,12-14,28H2,1H3. The number of fused-ring (bicyclic) bond motifs is 3. The molecular weight excluding hydrogens is 475 g/mol. The first-order chi connectivity index (χ1) is 17.3. The number of ether oxygens (including phenoxy) is 2. The molecule has 2 fully saturated rings. The highest BCUT2D eigenvalue weighted by atomic mass is 19.4. The van der Waals surface area contributed by atoms with Crippen LogP contribution in [0.1, 0.15) is 25.7 Å². The quantitative estimate of drug-likeness (QED) is 0.579. The number of halogens is 3. The predicted molar refractivity (Wildman–Crippen MR) is 127 cm³/mol. The fourth-order valence-corrected chi connectivity index (χ4v) is 5.90. The van der Waals surface area contributed by atoms with Gasteiger partial charge in [-0.15, -0.1) is 28.5 Å². The highest BCUT2D eigenvalue weighted by molar-refractivity contribution is 5.82. The first kappa shape index (κ1) is 23.1. The van der Waals surface area contributed by atoms with Crippen molar-refractivity contribution in [1.82, 2.24) is 19.8 Å². The van der Waals surface area contributed by atoms with Gasteiger partial charge in [-0.2, -0.15) is 4.52 Å². The van der Waals surface area contributed by atoms with Crippen molar-refractivity contribution in [3.63, 3.8) is 0 Å². The zero-order chi connectivity index (χ0) is 25.1. The topological polar surface area (TPSA) is 94.0 Å². The summed E-state index contributed by atoms with van der Waals surface area (Å²) in [6, 6.07) is 5.67. The number of hydrogen-bond acceptors (Lipinski definition) is 8. The molecule has 1 saturated heterocycles. The van der Waals surface area contributed by atoms with Crippen LogP contribution in [0.25, 0.3) is 17.0 Å². The molecule has 36 heavy (non-hydrogen) atoms. The summed E-state index contributed by atoms with van der Waals surface area (Å²) >= 11 is 0. The molecule has 9 nitrogen and oxygen atoms in total. The fraction of sp³-hybridized carbons (Fsp3) is 0.542. The van der Waals surface area contributed by atoms with E-state index in [0.29, 0.717) is 47.3 Å². The summed E-state index contributed by atoms with van der Waals surface area (Å²) in [4.78, 5) is 4.39. The van der Waals surface area contributed by atoms with Crippen molar-refractivity contribution < 1.29 is 22.6 Å². The first-order valence-corrected chi connectivity index (χ1v) is 12.2. The van der Waals surface area contributed by atoms with Crippen LogP contribution >= 0.6 is 0 Å². The van der Waals surface area contributed by atoms with Crippen LogP contribution in [0.2, 0.25) is 0 Å². The molecule has 2 aliphatic heterocycles. The van der Waals surface area contributed by atoms with E-state index < -0.39 is 6.36 Å². The van der Waals surface area contributed by atoms with Crippen molar-refractivity contribution in [2.45, 2.75) is 32.0 Å². The van der Waals surface area contributed by atoms with Crippen LogP contribution in [0.15, 0.2) is 24.3 Å². The van der Waals surface area contributed by atoms with E-state index in [2.05, 4.69) is 24.7 Å². The van der Waals surface area contributed by atoms with Gasteiger partial charge in [-0.05, 0) is 55.7 Å². The Morgan fingerprint density at radius 1 is 1.17 bits per heavy atom. The van der Waals surface area contributed by atoms with Gasteiger partial charge in [0.15, 0.2) is 17.4 Å². The van der Waals surface area contributed by atoms with Gasteiger partial charge in [0.2, 0.25) is 5.65 Å². The van der Waals surface area contributed by atoms with Crippen LogP contribution in [0.3, 0.4) is 0 Å². The van der Waals surface area contributed by atoms with Gasteiger partial charge in [0.1, 0.15) is 18.0 Å². The van der Waals surface area contributed by atoms with Crippen molar-refractivity contribution >= 4 is 17.2 Å². The zero-order valence-corrected chi connectivity index (χ0v) is 20.0. The molecule has 1 saturated carbocycles. The smallest absolute Gasteiger partial charge is 0.486 e. The van der Waals surface area contributed by atoms with Crippen LogP contribution < -0.4 is 25.0 Å². The van der Waals surface area contributed by atoms with Crippen LogP contribution in [0, 0.1) is 11.3 Å². The Kier molecular flexibility index (Phi) is 5.39. The normalized spacial score (nSPS) is 19.8. The number of nitrogens with zero attached hydrogens (tertiary/aromatic N) is 6. The van der Waals surface area contributed by atoms with Gasteiger partial charge in [-0.25, -0.2) is 0 Å². The van der Waals surface area contributed by atoms with Crippen molar-refractivity contribution in [2.24, 2.45) is 17.1 Å². The summed E-state index contributed by atoms with van der Waals surface area (Å²) in [6.45, 7) is 3.69. The van der Waals surface area contributed by atoms with Crippen LogP contribution in [0.5, 0.6) is 11.5 Å². The number of anilines is 2. The molecule has 192 valence electrons. The Bertz CT molecular complexity index is 1280. The molecule has 3 aliphatic rings. The van der Waals surface area contributed by atoms with Crippen LogP contribution in [-0.2, 0) is 0 Å². The molecule has 6 rings (SSSR count). The van der Waals surface area contributed by atoms with Gasteiger partial charge in [-0.3, -0.25) is 0 Å². The third-order valence-corrected chi connectivity index (χ3v) is 7.75. The van der Waals surface area contributed by atoms with Gasteiger partial charge in [0, 0.05) is 25.7 Å². The van der Waals surface area contributed by atoms with Gasteiger partial charge in [-0.1, -0.05) is 12.1 Å². The number of aromatic nitrogens is 4. The molecule has 2 aromatic heterocycles. The second-order valence-corrected chi connectivity index (χ2v) is 10.1. The lowest BCUT2D eigenvalue weighted by Gasteiger charge is -2.52. The number of piperidine rings is 1. The number of rotatable bonds is 4. The minimum atomic E-state index is -4.79. The summed E-state index contributed by atoms with van der Waals surface area (Å²) in [5, 5.41) is 13.5. The zero-order valence-electron chi connectivity index (χ0n) is 20.0. The molecule has 3 aromatic rings. The molecule has 0 unspecified atom stereocenters. The Labute approximate surface area is 206 Å². The average molecular weight is 504 g/mol. The third-order valence-electron chi connectivity index (χ3n) is 7.75. The van der Waals surface area contributed by atoms with Gasteiger partial charge in [0.05, 0.1) is 6.54 Å². The largest absolute Gasteiger partial charge is 0.573 e. The third kappa shape index (κ3) is 3.97. The van der Waals surface area contributed by atoms with E-state index in [0.717, 1.165) is 44.0 Å². The Balaban J connectivity index is 1.39. The molecule has 0 radical (unpaired) electrons. The number of nitrogens with two attached hydrogens (primary N) is 1. The van der Waals surface area contributed by atoms with Crippen molar-refractivity contribution in [3.05, 3.63) is 24.3 Å². The molecule has 4 heterocycles. The van der Waals surface area contributed by atoms with E-state index in [1.165, 1.54) is 31.0 Å². The van der Waals surface area contributed by atoms with Crippen molar-refractivity contribution in [1.29, 1.82) is 0 Å². The molecular formula is C24H28F3N7O2. The SMILES string of the molecule is CN1CCOc2c1c(N1CCC3(CC1)CC(CN)C3)nn1c(-c3cccc(OC(F)(F)F)c3)nnc21. The number of likely N-dealkylation sites (N-methyl/N-ethyl adjacent to an activating group) is 1. The monoisotopic (exact) mass is 503 g/mol. The fourth-order valence-electron chi connectivity index (χ4n) is 5.90. The number of benzene rings is 1. The molecule has 1 aliphatic carbocycles. The maximum Gasteiger partial charge on any atom is 0.573 e. The Morgan fingerprint density at radius 2 is 1.94 bits per heavy atom. The van der Waals surface area contributed by atoms with E-state index in [4.69, 9.17) is 15.6 Å². The highest BCUT2D eigenvalue weighted by Gasteiger charge is 2.45. The van der Waals surface area contributed by atoms with Crippen LogP contribution in [0.4, 0.5) is 24.7 Å². The molecule has 1 aromatic carbocycles. The lowest BCUT2D eigenvalue weighted by Crippen LogP contribution is -2.49. The second kappa shape index (κ2) is 8.39. The summed E-state index contributed by atoms with van der Waals surface area (Å²) in [5.74, 6) is 1.98. The van der Waals surface area contributed by atoms with E-state index in [1.54, 1.807) is 10.6 Å². The van der Waals surface area contributed by atoms with Crippen LogP contribution in [-0.4, -0.2) is 66.0 Å². The molecule has 2 N–H and O–H groups in total. The lowest BCUT2D eigenvalue weighted by molar-refractivity contribution is -0.274. The maximum absolute atomic E-state index is 12.8. The molecule has 0 amide bonds. The van der Waals surface area contributed by atoms with Gasteiger partial charge >= 0.3 is 6.36 Å². The molecule has 1 spiro atoms. The molecule has 12 heteroatoms. The van der Waals surface area contributed by atoms with Crippen molar-refractivity contribution in [3.8, 4) is 22.9 Å². The summed E-state index contributed by atoms with van der Waals surface area (Å²) in [6.07, 6.45) is -0.249. The summed E-state index contributed by atoms with van der Waals surface area (Å²) < 4.78 is 50.1. The van der Waals surface area contributed by atoms with Crippen molar-refractivity contribution in [2.75, 3.05) is 49.6 Å². The van der Waals surface area contributed by atoms with E-state index >= 15 is 0 Å². The van der Waals surface area contributed by atoms with E-state index in [1.807, 2.05) is 7.05 Å². The maximum atomic E-state index is 12.8. The summed E-state index contributed by atoms with van der Waals surface area (Å²) in [7, 11) is 2.00. The predicted octanol–water partition coefficient (Wildman–Crippen LogP) is 3.47. The Morgan fingerprint density at radius 3 is 2.67 bits per heavy atom. The number of hydrogen-bond donors (Lipinski definition) is 1. The lowest BCUT2D eigenvalue weighted by atomic mass is 9.57. The van der Waals surface area contributed by atoms with Gasteiger partial charge < -0.3 is 25.0 Å². The highest BCUT2D eigenvalue weighted by Crippen LogP contribution is 2.53. The minimum Gasteiger partial charge on any atom is -0.486 e. The van der Waals surface area contributed by atoms with Gasteiger partial charge in [0.25, 0.3) is 0 Å². The Hall–Kier alpha value is -3.28. The average Bonchev–Trinajstić information content (AvgIpc) is 3.26. The summed E-state index contributed by atoms with van der Waals surface area (Å²) in [5.41, 5.74) is 7.95. The first-order valence-electron chi connectivity index (χ1n) is 12.2. The minimum absolute atomic E-state index is 0.316. The molecule has 0 bridgehead atoms. The van der Waals surface area contributed by atoms with E-state index in [9.17, 15) is 13.2 Å². The van der Waals surface area contributed by atoms with E-state index in [-0.39, 0.29) is 5.75 Å². The molecule has 0 atom stereocenters.